The molecule has 0 saturated carbocycles. The fourth-order valence-electron chi connectivity index (χ4n) is 5.29. The van der Waals surface area contributed by atoms with E-state index in [0.717, 1.165) is 12.8 Å². The number of benzene rings is 2. The van der Waals surface area contributed by atoms with E-state index in [2.05, 4.69) is 0 Å². The molecule has 2 aromatic rings. The Labute approximate surface area is 198 Å². The van der Waals surface area contributed by atoms with Gasteiger partial charge < -0.3 is 14.5 Å². The molecule has 0 bridgehead atoms. The van der Waals surface area contributed by atoms with E-state index in [4.69, 9.17) is 4.74 Å². The molecule has 0 aliphatic carbocycles. The van der Waals surface area contributed by atoms with Gasteiger partial charge in [0.15, 0.2) is 0 Å². The van der Waals surface area contributed by atoms with Gasteiger partial charge in [0.1, 0.15) is 17.6 Å². The van der Waals surface area contributed by atoms with E-state index in [1.54, 1.807) is 46.2 Å². The third-order valence-corrected chi connectivity index (χ3v) is 7.14. The zero-order valence-electron chi connectivity index (χ0n) is 19.0. The van der Waals surface area contributed by atoms with Crippen molar-refractivity contribution >= 4 is 17.7 Å². The zero-order valence-corrected chi connectivity index (χ0v) is 19.0. The predicted molar refractivity (Wildman–Crippen MR) is 122 cm³/mol. The average Bonchev–Trinajstić information content (AvgIpc) is 3.53. The summed E-state index contributed by atoms with van der Waals surface area (Å²) in [6.07, 6.45) is 2.64. The molecule has 3 saturated heterocycles. The Morgan fingerprint density at radius 2 is 1.47 bits per heavy atom. The first kappa shape index (κ1) is 22.5. The third-order valence-electron chi connectivity index (χ3n) is 7.14. The summed E-state index contributed by atoms with van der Waals surface area (Å²) in [5.41, 5.74) is -0.444. The van der Waals surface area contributed by atoms with E-state index in [1.807, 2.05) is 11.0 Å². The molecule has 3 amide bonds. The number of carbonyl (C=O) groups is 3. The highest BCUT2D eigenvalue weighted by molar-refractivity contribution is 5.98. The highest BCUT2D eigenvalue weighted by Gasteiger charge is 2.55. The fourth-order valence-corrected chi connectivity index (χ4v) is 5.29. The lowest BCUT2D eigenvalue weighted by Crippen LogP contribution is -2.60. The Bertz CT molecular complexity index is 1080. The summed E-state index contributed by atoms with van der Waals surface area (Å²) in [5, 5.41) is 0. The van der Waals surface area contributed by atoms with E-state index in [9.17, 15) is 18.8 Å². The van der Waals surface area contributed by atoms with Crippen LogP contribution in [0, 0.1) is 5.82 Å². The number of nitrogens with zero attached hydrogens (tertiary/aromatic N) is 3. The van der Waals surface area contributed by atoms with Gasteiger partial charge in [0, 0.05) is 44.6 Å². The lowest BCUT2D eigenvalue weighted by atomic mass is 9.96. The van der Waals surface area contributed by atoms with Crippen LogP contribution in [0.25, 0.3) is 0 Å². The van der Waals surface area contributed by atoms with Gasteiger partial charge in [-0.3, -0.25) is 19.3 Å². The number of rotatable bonds is 3. The number of likely N-dealkylation sites (tertiary alicyclic amines) is 2. The summed E-state index contributed by atoms with van der Waals surface area (Å²) >= 11 is 0. The lowest BCUT2D eigenvalue weighted by Gasteiger charge is -2.44. The van der Waals surface area contributed by atoms with Crippen LogP contribution in [0.3, 0.4) is 0 Å². The minimum absolute atomic E-state index is 0.0325. The molecule has 3 aliphatic rings. The van der Waals surface area contributed by atoms with Crippen LogP contribution in [0.5, 0.6) is 0 Å². The largest absolute Gasteiger partial charge is 0.353 e. The fraction of sp³-hybridized carbons (Fsp3) is 0.423. The number of piperidine rings is 1. The SMILES string of the molecule is O=C(c1ccccc1F)N1CCC2(CC1)OCC(C(=O)N1CCCC1)N2C(=O)c1ccccc1. The Hall–Kier alpha value is -3.26. The molecule has 5 rings (SSSR count). The topological polar surface area (TPSA) is 70.2 Å². The Morgan fingerprint density at radius 3 is 2.15 bits per heavy atom. The Balaban J connectivity index is 1.39. The van der Waals surface area contributed by atoms with Gasteiger partial charge >= 0.3 is 0 Å². The van der Waals surface area contributed by atoms with Gasteiger partial charge in [0.2, 0.25) is 5.91 Å². The molecule has 1 spiro atoms. The van der Waals surface area contributed by atoms with Crippen molar-refractivity contribution < 1.29 is 23.5 Å². The normalized spacial score (nSPS) is 21.8. The molecule has 0 N–H and O–H groups in total. The third kappa shape index (κ3) is 3.96. The van der Waals surface area contributed by atoms with Crippen molar-refractivity contribution in [3.63, 3.8) is 0 Å². The first-order valence-corrected chi connectivity index (χ1v) is 11.9. The quantitative estimate of drug-likeness (QED) is 0.699. The average molecular weight is 466 g/mol. The van der Waals surface area contributed by atoms with Crippen molar-refractivity contribution in [2.75, 3.05) is 32.8 Å². The van der Waals surface area contributed by atoms with Crippen molar-refractivity contribution in [2.24, 2.45) is 0 Å². The van der Waals surface area contributed by atoms with Gasteiger partial charge in [0.25, 0.3) is 11.8 Å². The first-order valence-electron chi connectivity index (χ1n) is 11.9. The maximum atomic E-state index is 14.2. The van der Waals surface area contributed by atoms with Crippen molar-refractivity contribution in [1.29, 1.82) is 0 Å². The second-order valence-electron chi connectivity index (χ2n) is 9.12. The van der Waals surface area contributed by atoms with E-state index < -0.39 is 17.6 Å². The maximum Gasteiger partial charge on any atom is 0.256 e. The molecule has 34 heavy (non-hydrogen) atoms. The van der Waals surface area contributed by atoms with Crippen LogP contribution in [0.15, 0.2) is 54.6 Å². The summed E-state index contributed by atoms with van der Waals surface area (Å²) in [4.78, 5) is 45.0. The van der Waals surface area contributed by atoms with E-state index in [-0.39, 0.29) is 29.9 Å². The molecule has 8 heteroatoms. The van der Waals surface area contributed by atoms with Gasteiger partial charge in [-0.2, -0.15) is 0 Å². The summed E-state index contributed by atoms with van der Waals surface area (Å²) < 4.78 is 20.4. The first-order chi connectivity index (χ1) is 16.5. The summed E-state index contributed by atoms with van der Waals surface area (Å²) in [6.45, 7) is 2.13. The highest BCUT2D eigenvalue weighted by atomic mass is 19.1. The van der Waals surface area contributed by atoms with Crippen LogP contribution >= 0.6 is 0 Å². The molecule has 1 atom stereocenters. The Morgan fingerprint density at radius 1 is 0.824 bits per heavy atom. The number of halogens is 1. The molecule has 1 unspecified atom stereocenters. The summed E-state index contributed by atoms with van der Waals surface area (Å²) in [7, 11) is 0. The second-order valence-corrected chi connectivity index (χ2v) is 9.12. The number of carbonyl (C=O) groups excluding carboxylic acids is 3. The van der Waals surface area contributed by atoms with Crippen molar-refractivity contribution in [1.82, 2.24) is 14.7 Å². The van der Waals surface area contributed by atoms with Crippen LogP contribution < -0.4 is 0 Å². The molecule has 3 fully saturated rings. The number of amides is 3. The molecule has 3 aliphatic heterocycles. The van der Waals surface area contributed by atoms with Gasteiger partial charge in [-0.1, -0.05) is 30.3 Å². The molecule has 0 radical (unpaired) electrons. The number of ether oxygens (including phenoxy) is 1. The minimum Gasteiger partial charge on any atom is -0.353 e. The van der Waals surface area contributed by atoms with E-state index in [0.29, 0.717) is 44.6 Å². The predicted octanol–water partition coefficient (Wildman–Crippen LogP) is 2.92. The van der Waals surface area contributed by atoms with Crippen LogP contribution in [-0.2, 0) is 9.53 Å². The zero-order chi connectivity index (χ0) is 23.7. The van der Waals surface area contributed by atoms with Crippen molar-refractivity contribution in [3.8, 4) is 0 Å². The highest BCUT2D eigenvalue weighted by Crippen LogP contribution is 2.39. The molecular weight excluding hydrogens is 437 g/mol. The smallest absolute Gasteiger partial charge is 0.256 e. The van der Waals surface area contributed by atoms with Gasteiger partial charge in [-0.25, -0.2) is 4.39 Å². The minimum atomic E-state index is -0.973. The Kier molecular flexibility index (Phi) is 6.08. The van der Waals surface area contributed by atoms with E-state index >= 15 is 0 Å². The maximum absolute atomic E-state index is 14.2. The van der Waals surface area contributed by atoms with Crippen molar-refractivity contribution in [2.45, 2.75) is 37.5 Å². The molecule has 178 valence electrons. The van der Waals surface area contributed by atoms with Crippen LogP contribution in [0.1, 0.15) is 46.4 Å². The molecule has 7 nitrogen and oxygen atoms in total. The van der Waals surface area contributed by atoms with Gasteiger partial charge in [-0.05, 0) is 37.1 Å². The van der Waals surface area contributed by atoms with Crippen molar-refractivity contribution in [3.05, 3.63) is 71.5 Å². The van der Waals surface area contributed by atoms with Gasteiger partial charge in [0.05, 0.1) is 12.2 Å². The van der Waals surface area contributed by atoms with Crippen LogP contribution in [-0.4, -0.2) is 77.0 Å². The molecule has 2 aromatic carbocycles. The lowest BCUT2D eigenvalue weighted by molar-refractivity contribution is -0.136. The van der Waals surface area contributed by atoms with Crippen LogP contribution in [0.2, 0.25) is 0 Å². The number of hydrogen-bond donors (Lipinski definition) is 0. The van der Waals surface area contributed by atoms with Crippen LogP contribution in [0.4, 0.5) is 4.39 Å². The molecule has 3 heterocycles. The van der Waals surface area contributed by atoms with Gasteiger partial charge in [-0.15, -0.1) is 0 Å². The molecule has 0 aromatic heterocycles. The standard InChI is InChI=1S/C26H28FN3O4/c27-21-11-5-4-10-20(21)24(32)29-16-12-26(13-17-29)30(23(31)19-8-2-1-3-9-19)22(18-34-26)25(33)28-14-6-7-15-28/h1-5,8-11,22H,6-7,12-18H2. The summed E-state index contributed by atoms with van der Waals surface area (Å²) in [5.74, 6) is -1.26. The van der Waals surface area contributed by atoms with E-state index in [1.165, 1.54) is 12.1 Å². The monoisotopic (exact) mass is 465 g/mol. The molecular formula is C26H28FN3O4. The number of hydrogen-bond acceptors (Lipinski definition) is 4. The summed E-state index contributed by atoms with van der Waals surface area (Å²) in [6, 6.07) is 14.1. The second kappa shape index (κ2) is 9.18.